The van der Waals surface area contributed by atoms with Crippen molar-refractivity contribution >= 4 is 39.4 Å². The van der Waals surface area contributed by atoms with Crippen LogP contribution in [-0.4, -0.2) is 82.0 Å². The third kappa shape index (κ3) is 6.32. The normalized spacial score (nSPS) is 44.8. The number of piperidine rings is 1. The van der Waals surface area contributed by atoms with Crippen molar-refractivity contribution in [2.75, 3.05) is 18.8 Å². The number of carbonyl (C=O) groups excluding carboxylic acids is 3. The summed E-state index contributed by atoms with van der Waals surface area (Å²) in [4.78, 5) is 43.1. The van der Waals surface area contributed by atoms with E-state index < -0.39 is 11.2 Å². The van der Waals surface area contributed by atoms with Crippen molar-refractivity contribution in [2.45, 2.75) is 158 Å². The molecule has 2 spiro atoms. The van der Waals surface area contributed by atoms with Gasteiger partial charge >= 0.3 is 11.9 Å². The molecule has 7 unspecified atom stereocenters. The Bertz CT molecular complexity index is 1480. The smallest absolute Gasteiger partial charge is 0.334 e. The highest BCUT2D eigenvalue weighted by molar-refractivity contribution is 8.77. The Hall–Kier alpha value is -1.53. The number of carbonyl (C=O) groups is 3. The van der Waals surface area contributed by atoms with E-state index in [-0.39, 0.29) is 58.7 Å². The van der Waals surface area contributed by atoms with Gasteiger partial charge in [-0.1, -0.05) is 65.5 Å². The molecule has 288 valence electrons. The third-order valence-electron chi connectivity index (χ3n) is 15.2. The molecule has 8 rings (SSSR count). The average molecular weight is 757 g/mol. The van der Waals surface area contributed by atoms with Gasteiger partial charge in [0, 0.05) is 66.6 Å². The van der Waals surface area contributed by atoms with Crippen molar-refractivity contribution in [3.05, 3.63) is 23.3 Å². The maximum atomic E-state index is 14.6. The lowest BCUT2D eigenvalue weighted by Gasteiger charge is -2.59. The number of esters is 2. The fourth-order valence-corrected chi connectivity index (χ4v) is 15.9. The molecular formula is C41H62N3O6S2+. The Morgan fingerprint density at radius 3 is 2.71 bits per heavy atom. The van der Waals surface area contributed by atoms with Crippen molar-refractivity contribution in [2.24, 2.45) is 41.2 Å². The van der Waals surface area contributed by atoms with Gasteiger partial charge in [0.1, 0.15) is 23.5 Å². The van der Waals surface area contributed by atoms with Crippen LogP contribution in [0.25, 0.3) is 0 Å². The molecule has 3 aliphatic carbocycles. The van der Waals surface area contributed by atoms with Crippen LogP contribution in [-0.2, 0) is 28.6 Å². The number of rotatable bonds is 3. The number of allylic oxidation sites excluding steroid dienone is 1. The molecule has 8 aliphatic rings. The molecule has 11 heteroatoms. The summed E-state index contributed by atoms with van der Waals surface area (Å²) in [5.74, 6) is 2.17. The molecule has 0 aromatic carbocycles. The van der Waals surface area contributed by atoms with Crippen LogP contribution in [0.2, 0.25) is 0 Å². The number of nitrogens with zero attached hydrogens (tertiary/aromatic N) is 1. The summed E-state index contributed by atoms with van der Waals surface area (Å²) in [6, 6.07) is 0.314. The highest BCUT2D eigenvalue weighted by Gasteiger charge is 2.68. The molecular weight excluding hydrogens is 695 g/mol. The number of quaternary nitrogens is 1. The van der Waals surface area contributed by atoms with E-state index in [1.54, 1.807) is 0 Å². The van der Waals surface area contributed by atoms with Gasteiger partial charge in [0.25, 0.3) is 0 Å². The molecule has 4 N–H and O–H groups in total. The molecule has 7 fully saturated rings. The lowest BCUT2D eigenvalue weighted by atomic mass is 9.56. The SMILES string of the molecule is CC=C(C)C(=O)O[C@]1(C)CC=C2CSSC3(CCCCC3)[C@@H]3[C@H](CC)CN3C(=O)CC3C[NH2+]C(N)CC3[C@@H]2[C@]12CC1CC3CCC(=O)OC3CC1O2. The van der Waals surface area contributed by atoms with Crippen molar-refractivity contribution in [3.8, 4) is 0 Å². The molecule has 52 heavy (non-hydrogen) atoms. The maximum absolute atomic E-state index is 14.6. The van der Waals surface area contributed by atoms with E-state index in [1.807, 2.05) is 30.7 Å². The van der Waals surface area contributed by atoms with E-state index in [4.69, 9.17) is 19.9 Å². The summed E-state index contributed by atoms with van der Waals surface area (Å²) >= 11 is 0. The van der Waals surface area contributed by atoms with Crippen LogP contribution < -0.4 is 11.1 Å². The Morgan fingerprint density at radius 2 is 1.94 bits per heavy atom. The van der Waals surface area contributed by atoms with Gasteiger partial charge in [0.05, 0.1) is 18.7 Å². The largest absolute Gasteiger partial charge is 0.462 e. The quantitative estimate of drug-likeness (QED) is 0.162. The number of hydrogen-bond donors (Lipinski definition) is 2. The minimum atomic E-state index is -0.919. The Morgan fingerprint density at radius 1 is 1.13 bits per heavy atom. The molecule has 0 bridgehead atoms. The van der Waals surface area contributed by atoms with Crippen LogP contribution in [0.4, 0.5) is 0 Å². The van der Waals surface area contributed by atoms with E-state index in [0.717, 1.165) is 50.9 Å². The number of nitrogens with two attached hydrogens (primary N) is 2. The zero-order chi connectivity index (χ0) is 36.4. The fourth-order valence-electron chi connectivity index (χ4n) is 12.3. The minimum absolute atomic E-state index is 0.0527. The molecule has 5 aliphatic heterocycles. The van der Waals surface area contributed by atoms with Crippen LogP contribution >= 0.6 is 21.6 Å². The van der Waals surface area contributed by atoms with Gasteiger partial charge in [0.2, 0.25) is 5.91 Å². The summed E-state index contributed by atoms with van der Waals surface area (Å²) in [6.07, 6.45) is 16.8. The summed E-state index contributed by atoms with van der Waals surface area (Å²) in [7, 11) is 4.08. The van der Waals surface area contributed by atoms with Crippen LogP contribution in [0.1, 0.15) is 118 Å². The number of amides is 1. The summed E-state index contributed by atoms with van der Waals surface area (Å²) in [5.41, 5.74) is 7.11. The van der Waals surface area contributed by atoms with Gasteiger partial charge in [-0.05, 0) is 83.0 Å². The van der Waals surface area contributed by atoms with Crippen molar-refractivity contribution in [1.82, 2.24) is 4.90 Å². The maximum Gasteiger partial charge on any atom is 0.334 e. The van der Waals surface area contributed by atoms with Crippen molar-refractivity contribution < 1.29 is 33.9 Å². The van der Waals surface area contributed by atoms with Crippen LogP contribution in [0.3, 0.4) is 0 Å². The molecule has 12 atom stereocenters. The second-order valence-corrected chi connectivity index (χ2v) is 20.7. The Balaban J connectivity index is 1.22. The predicted molar refractivity (Wildman–Crippen MR) is 204 cm³/mol. The van der Waals surface area contributed by atoms with Crippen LogP contribution in [0.5, 0.6) is 0 Å². The van der Waals surface area contributed by atoms with E-state index in [1.165, 1.54) is 37.7 Å². The van der Waals surface area contributed by atoms with E-state index in [2.05, 4.69) is 40.9 Å². The van der Waals surface area contributed by atoms with Crippen LogP contribution in [0.15, 0.2) is 23.3 Å². The highest BCUT2D eigenvalue weighted by atomic mass is 33.1. The number of fused-ring (bicyclic) bond motifs is 8. The van der Waals surface area contributed by atoms with Gasteiger partial charge in [-0.3, -0.25) is 15.3 Å². The first-order chi connectivity index (χ1) is 25.0. The van der Waals surface area contributed by atoms with Crippen molar-refractivity contribution in [3.63, 3.8) is 0 Å². The first-order valence-electron chi connectivity index (χ1n) is 20.6. The van der Waals surface area contributed by atoms with E-state index in [9.17, 15) is 14.4 Å². The first-order valence-corrected chi connectivity index (χ1v) is 22.9. The molecule has 5 saturated heterocycles. The summed E-state index contributed by atoms with van der Waals surface area (Å²) in [6.45, 7) is 9.81. The second kappa shape index (κ2) is 14.5. The fraction of sp³-hybridized carbons (Fsp3) is 0.829. The Kier molecular flexibility index (Phi) is 10.4. The predicted octanol–water partition coefficient (Wildman–Crippen LogP) is 5.67. The van der Waals surface area contributed by atoms with Crippen molar-refractivity contribution in [1.29, 1.82) is 0 Å². The zero-order valence-electron chi connectivity index (χ0n) is 31.8. The molecule has 0 aromatic heterocycles. The Labute approximate surface area is 318 Å². The molecule has 0 aromatic rings. The summed E-state index contributed by atoms with van der Waals surface area (Å²) < 4.78 is 20.4. The monoisotopic (exact) mass is 756 g/mol. The van der Waals surface area contributed by atoms with Gasteiger partial charge < -0.3 is 24.4 Å². The lowest BCUT2D eigenvalue weighted by Crippen LogP contribution is -2.96. The minimum Gasteiger partial charge on any atom is -0.462 e. The topological polar surface area (TPSA) is 125 Å². The van der Waals surface area contributed by atoms with E-state index >= 15 is 0 Å². The van der Waals surface area contributed by atoms with Gasteiger partial charge in [0.15, 0.2) is 0 Å². The first kappa shape index (κ1) is 37.4. The van der Waals surface area contributed by atoms with Crippen LogP contribution in [0, 0.1) is 35.5 Å². The molecule has 2 saturated carbocycles. The lowest BCUT2D eigenvalue weighted by molar-refractivity contribution is -0.706. The van der Waals surface area contributed by atoms with E-state index in [0.29, 0.717) is 55.0 Å². The van der Waals surface area contributed by atoms with Gasteiger partial charge in [-0.15, -0.1) is 0 Å². The molecule has 0 radical (unpaired) electrons. The summed E-state index contributed by atoms with van der Waals surface area (Å²) in [5, 5.41) is 2.25. The standard InChI is InChI=1S/C41H61N3O6S2/c1-5-24(3)38(47)50-39(4)15-12-27-23-51-52-40(13-8-7-9-14-40)37-25(6-2)22-44(37)34(45)17-29-21-43-33(42)18-30(29)36(27)41(39)20-28-16-26-10-11-35(46)48-31(26)19-32(28)49-41/h5,12,25-26,28-33,36-37,43H,6-11,13-23,42H2,1-4H3/p+1/t25-,26?,28?,29?,30?,31?,32?,33?,36-,37+,39-,41-/m1/s1. The highest BCUT2D eigenvalue weighted by Crippen LogP contribution is 2.63. The number of hydrogen-bond acceptors (Lipinski definition) is 9. The molecule has 9 nitrogen and oxygen atoms in total. The van der Waals surface area contributed by atoms with Gasteiger partial charge in [-0.2, -0.15) is 0 Å². The number of ether oxygens (including phenoxy) is 3. The van der Waals surface area contributed by atoms with Gasteiger partial charge in [-0.25, -0.2) is 4.79 Å². The average Bonchev–Trinajstić information content (AvgIpc) is 3.48. The molecule has 5 heterocycles. The third-order valence-corrected chi connectivity index (χ3v) is 18.4. The second-order valence-electron chi connectivity index (χ2n) is 18.0. The molecule has 1 amide bonds. The zero-order valence-corrected chi connectivity index (χ0v) is 33.4.